The van der Waals surface area contributed by atoms with E-state index in [2.05, 4.69) is 5.32 Å². The van der Waals surface area contributed by atoms with Gasteiger partial charge in [-0.25, -0.2) is 0 Å². The maximum atomic E-state index is 11.6. The van der Waals surface area contributed by atoms with Gasteiger partial charge in [-0.1, -0.05) is 12.8 Å². The fourth-order valence-electron chi connectivity index (χ4n) is 2.24. The molecule has 0 saturated heterocycles. The Hall–Kier alpha value is -0.610. The van der Waals surface area contributed by atoms with Crippen LogP contribution in [0.1, 0.15) is 38.5 Å². The fourth-order valence-corrected chi connectivity index (χ4v) is 2.24. The summed E-state index contributed by atoms with van der Waals surface area (Å²) >= 11 is 0. The Balaban J connectivity index is 2.01. The number of methoxy groups -OCH3 is 1. The van der Waals surface area contributed by atoms with Crippen LogP contribution in [0.2, 0.25) is 0 Å². The molecule has 0 radical (unpaired) electrons. The molecule has 16 heavy (non-hydrogen) atoms. The molecule has 3 N–H and O–H groups in total. The van der Waals surface area contributed by atoms with Crippen LogP contribution in [-0.4, -0.2) is 32.2 Å². The van der Waals surface area contributed by atoms with Crippen LogP contribution >= 0.6 is 0 Å². The van der Waals surface area contributed by atoms with Gasteiger partial charge in [-0.05, 0) is 25.2 Å². The molecule has 4 nitrogen and oxygen atoms in total. The summed E-state index contributed by atoms with van der Waals surface area (Å²) in [5, 5.41) is 2.92. The molecule has 1 amide bonds. The first kappa shape index (κ1) is 13.5. The number of nitrogens with two attached hydrogens (primary N) is 1. The van der Waals surface area contributed by atoms with E-state index >= 15 is 0 Å². The van der Waals surface area contributed by atoms with Gasteiger partial charge < -0.3 is 15.8 Å². The standard InChI is InChI=1S/C12H24N2O2/c1-16-9-11(13)6-7-14-12(15)8-10-4-2-3-5-10/h10-11H,2-9,13H2,1H3,(H,14,15). The van der Waals surface area contributed by atoms with Gasteiger partial charge in [0, 0.05) is 26.1 Å². The lowest BCUT2D eigenvalue weighted by Gasteiger charge is -2.12. The lowest BCUT2D eigenvalue weighted by molar-refractivity contribution is -0.122. The van der Waals surface area contributed by atoms with Gasteiger partial charge in [0.15, 0.2) is 0 Å². The van der Waals surface area contributed by atoms with Gasteiger partial charge >= 0.3 is 0 Å². The minimum Gasteiger partial charge on any atom is -0.383 e. The van der Waals surface area contributed by atoms with Crippen LogP contribution in [0.15, 0.2) is 0 Å². The van der Waals surface area contributed by atoms with Crippen molar-refractivity contribution in [2.75, 3.05) is 20.3 Å². The number of hydrogen-bond donors (Lipinski definition) is 2. The van der Waals surface area contributed by atoms with Crippen molar-refractivity contribution in [1.29, 1.82) is 0 Å². The summed E-state index contributed by atoms with van der Waals surface area (Å²) < 4.78 is 4.93. The normalized spacial score (nSPS) is 18.6. The third kappa shape index (κ3) is 5.47. The van der Waals surface area contributed by atoms with E-state index in [0.717, 1.165) is 6.42 Å². The molecule has 1 aliphatic rings. The highest BCUT2D eigenvalue weighted by atomic mass is 16.5. The minimum atomic E-state index is 0.0248. The Bertz CT molecular complexity index is 203. The Kier molecular flexibility index (Phi) is 6.42. The summed E-state index contributed by atoms with van der Waals surface area (Å²) in [6.07, 6.45) is 6.49. The Morgan fingerprint density at radius 2 is 2.19 bits per heavy atom. The van der Waals surface area contributed by atoms with Gasteiger partial charge in [0.1, 0.15) is 0 Å². The van der Waals surface area contributed by atoms with Crippen molar-refractivity contribution < 1.29 is 9.53 Å². The minimum absolute atomic E-state index is 0.0248. The second kappa shape index (κ2) is 7.63. The van der Waals surface area contributed by atoms with E-state index in [9.17, 15) is 4.79 Å². The van der Waals surface area contributed by atoms with Crippen molar-refractivity contribution in [3.63, 3.8) is 0 Å². The molecular weight excluding hydrogens is 204 g/mol. The van der Waals surface area contributed by atoms with Crippen molar-refractivity contribution in [2.24, 2.45) is 11.7 Å². The van der Waals surface area contributed by atoms with Crippen LogP contribution in [0.4, 0.5) is 0 Å². The first-order chi connectivity index (χ1) is 7.72. The molecule has 1 unspecified atom stereocenters. The lowest BCUT2D eigenvalue weighted by atomic mass is 10.0. The second-order valence-electron chi connectivity index (χ2n) is 4.71. The van der Waals surface area contributed by atoms with E-state index < -0.39 is 0 Å². The van der Waals surface area contributed by atoms with Crippen molar-refractivity contribution in [2.45, 2.75) is 44.6 Å². The number of amides is 1. The molecule has 0 aromatic heterocycles. The van der Waals surface area contributed by atoms with E-state index in [1.165, 1.54) is 25.7 Å². The van der Waals surface area contributed by atoms with Gasteiger partial charge in [-0.2, -0.15) is 0 Å². The summed E-state index contributed by atoms with van der Waals surface area (Å²) in [6, 6.07) is 0.0248. The topological polar surface area (TPSA) is 64.3 Å². The SMILES string of the molecule is COCC(N)CCNC(=O)CC1CCCC1. The lowest BCUT2D eigenvalue weighted by Crippen LogP contribution is -2.33. The van der Waals surface area contributed by atoms with Crippen LogP contribution in [0, 0.1) is 5.92 Å². The molecule has 1 aliphatic carbocycles. The van der Waals surface area contributed by atoms with Crippen molar-refractivity contribution in [3.8, 4) is 0 Å². The third-order valence-corrected chi connectivity index (χ3v) is 3.17. The van der Waals surface area contributed by atoms with E-state index in [0.29, 0.717) is 25.5 Å². The average Bonchev–Trinajstić information content (AvgIpc) is 2.70. The maximum Gasteiger partial charge on any atom is 0.220 e. The van der Waals surface area contributed by atoms with E-state index in [1.807, 2.05) is 0 Å². The van der Waals surface area contributed by atoms with Crippen molar-refractivity contribution in [3.05, 3.63) is 0 Å². The number of carbonyl (C=O) groups is 1. The predicted molar refractivity (Wildman–Crippen MR) is 64.1 cm³/mol. The Morgan fingerprint density at radius 3 is 2.81 bits per heavy atom. The van der Waals surface area contributed by atoms with Gasteiger partial charge in [0.2, 0.25) is 5.91 Å². The molecule has 0 heterocycles. The molecule has 1 atom stereocenters. The molecule has 0 bridgehead atoms. The zero-order chi connectivity index (χ0) is 11.8. The molecule has 0 spiro atoms. The number of carbonyl (C=O) groups excluding carboxylic acids is 1. The van der Waals surface area contributed by atoms with Crippen LogP contribution in [0.25, 0.3) is 0 Å². The summed E-state index contributed by atoms with van der Waals surface area (Å²) in [5.74, 6) is 0.796. The molecule has 1 fully saturated rings. The molecule has 1 rings (SSSR count). The Morgan fingerprint density at radius 1 is 1.50 bits per heavy atom. The summed E-state index contributed by atoms with van der Waals surface area (Å²) in [6.45, 7) is 1.22. The second-order valence-corrected chi connectivity index (χ2v) is 4.71. The van der Waals surface area contributed by atoms with Crippen LogP contribution < -0.4 is 11.1 Å². The van der Waals surface area contributed by atoms with Crippen LogP contribution in [0.5, 0.6) is 0 Å². The van der Waals surface area contributed by atoms with E-state index in [4.69, 9.17) is 10.5 Å². The molecule has 94 valence electrons. The van der Waals surface area contributed by atoms with Gasteiger partial charge in [0.05, 0.1) is 6.61 Å². The zero-order valence-electron chi connectivity index (χ0n) is 10.2. The molecule has 0 aromatic rings. The van der Waals surface area contributed by atoms with Crippen LogP contribution in [0.3, 0.4) is 0 Å². The highest BCUT2D eigenvalue weighted by molar-refractivity contribution is 5.76. The third-order valence-electron chi connectivity index (χ3n) is 3.17. The average molecular weight is 228 g/mol. The van der Waals surface area contributed by atoms with Crippen molar-refractivity contribution >= 4 is 5.91 Å². The largest absolute Gasteiger partial charge is 0.383 e. The summed E-state index contributed by atoms with van der Waals surface area (Å²) in [7, 11) is 1.64. The quantitative estimate of drug-likeness (QED) is 0.684. The zero-order valence-corrected chi connectivity index (χ0v) is 10.2. The molecule has 0 aliphatic heterocycles. The number of hydrogen-bond acceptors (Lipinski definition) is 3. The highest BCUT2D eigenvalue weighted by Crippen LogP contribution is 2.27. The first-order valence-corrected chi connectivity index (χ1v) is 6.23. The number of rotatable bonds is 7. The smallest absolute Gasteiger partial charge is 0.220 e. The van der Waals surface area contributed by atoms with Crippen LogP contribution in [-0.2, 0) is 9.53 Å². The van der Waals surface area contributed by atoms with Gasteiger partial charge in [0.25, 0.3) is 0 Å². The first-order valence-electron chi connectivity index (χ1n) is 6.23. The monoisotopic (exact) mass is 228 g/mol. The maximum absolute atomic E-state index is 11.6. The summed E-state index contributed by atoms with van der Waals surface area (Å²) in [4.78, 5) is 11.6. The van der Waals surface area contributed by atoms with E-state index in [-0.39, 0.29) is 11.9 Å². The summed E-state index contributed by atoms with van der Waals surface area (Å²) in [5.41, 5.74) is 5.76. The van der Waals surface area contributed by atoms with E-state index in [1.54, 1.807) is 7.11 Å². The highest BCUT2D eigenvalue weighted by Gasteiger charge is 2.18. The van der Waals surface area contributed by atoms with Gasteiger partial charge in [-0.3, -0.25) is 4.79 Å². The predicted octanol–water partition coefficient (Wildman–Crippen LogP) is 1.05. The van der Waals surface area contributed by atoms with Gasteiger partial charge in [-0.15, -0.1) is 0 Å². The molecule has 0 aromatic carbocycles. The van der Waals surface area contributed by atoms with Crippen molar-refractivity contribution in [1.82, 2.24) is 5.32 Å². The molecule has 1 saturated carbocycles. The number of nitrogens with one attached hydrogen (secondary N) is 1. The number of ether oxygens (including phenoxy) is 1. The fraction of sp³-hybridized carbons (Fsp3) is 0.917. The molecule has 4 heteroatoms. The Labute approximate surface area is 97.9 Å². The molecular formula is C12H24N2O2.